The summed E-state index contributed by atoms with van der Waals surface area (Å²) >= 11 is 0. The predicted octanol–water partition coefficient (Wildman–Crippen LogP) is 2.51. The Morgan fingerprint density at radius 2 is 2.27 bits per heavy atom. The van der Waals surface area contributed by atoms with E-state index in [1.54, 1.807) is 0 Å². The van der Waals surface area contributed by atoms with Gasteiger partial charge in [-0.3, -0.25) is 0 Å². The maximum atomic E-state index is 11.8. The first-order valence-corrected chi connectivity index (χ1v) is 5.92. The minimum atomic E-state index is -0.113. The van der Waals surface area contributed by atoms with E-state index in [1.165, 1.54) is 0 Å². The van der Waals surface area contributed by atoms with E-state index in [4.69, 9.17) is 4.74 Å². The van der Waals surface area contributed by atoms with Gasteiger partial charge in [-0.1, -0.05) is 20.8 Å². The highest BCUT2D eigenvalue weighted by molar-refractivity contribution is 5.70. The lowest BCUT2D eigenvalue weighted by molar-refractivity contribution is 0.0794. The van der Waals surface area contributed by atoms with Gasteiger partial charge in [0.15, 0.2) is 0 Å². The quantitative estimate of drug-likeness (QED) is 0.702. The molecule has 1 saturated heterocycles. The van der Waals surface area contributed by atoms with Crippen LogP contribution in [0.25, 0.3) is 0 Å². The Labute approximate surface area is 91.8 Å². The van der Waals surface area contributed by atoms with Crippen molar-refractivity contribution in [2.24, 2.45) is 17.8 Å². The zero-order valence-electron chi connectivity index (χ0n) is 10.1. The first-order chi connectivity index (χ1) is 6.98. The van der Waals surface area contributed by atoms with E-state index >= 15 is 0 Å². The number of amides is 1. The van der Waals surface area contributed by atoms with Crippen LogP contribution in [0.4, 0.5) is 4.79 Å². The molecule has 3 nitrogen and oxygen atoms in total. The third-order valence-corrected chi connectivity index (χ3v) is 4.17. The number of carbonyl (C=O) groups is 1. The Morgan fingerprint density at radius 1 is 1.60 bits per heavy atom. The number of nitrogens with zero attached hydrogens (tertiary/aromatic N) is 1. The van der Waals surface area contributed by atoms with Crippen molar-refractivity contribution in [2.45, 2.75) is 39.7 Å². The topological polar surface area (TPSA) is 29.5 Å². The Morgan fingerprint density at radius 3 is 2.73 bits per heavy atom. The van der Waals surface area contributed by atoms with Crippen LogP contribution in [0.15, 0.2) is 0 Å². The average Bonchev–Trinajstić information content (AvgIpc) is 2.58. The van der Waals surface area contributed by atoms with Crippen LogP contribution < -0.4 is 0 Å². The molecule has 0 aromatic heterocycles. The molecular formula is C12H21NO2. The molecule has 2 rings (SSSR count). The number of fused-ring (bicyclic) bond motifs is 1. The van der Waals surface area contributed by atoms with Crippen molar-refractivity contribution in [1.82, 2.24) is 4.90 Å². The summed E-state index contributed by atoms with van der Waals surface area (Å²) in [5.41, 5.74) is 0.105. The lowest BCUT2D eigenvalue weighted by Gasteiger charge is -2.26. The first-order valence-electron chi connectivity index (χ1n) is 5.92. The Bertz CT molecular complexity index is 277. The molecule has 0 aromatic carbocycles. The van der Waals surface area contributed by atoms with Gasteiger partial charge in [0.2, 0.25) is 0 Å². The fourth-order valence-corrected chi connectivity index (χ4v) is 2.92. The van der Waals surface area contributed by atoms with Crippen molar-refractivity contribution in [1.29, 1.82) is 0 Å². The summed E-state index contributed by atoms with van der Waals surface area (Å²) in [5.74, 6) is 1.78. The van der Waals surface area contributed by atoms with Crippen molar-refractivity contribution in [3.8, 4) is 0 Å². The molecule has 1 aliphatic carbocycles. The third-order valence-electron chi connectivity index (χ3n) is 4.17. The summed E-state index contributed by atoms with van der Waals surface area (Å²) in [6.45, 7) is 9.94. The van der Waals surface area contributed by atoms with Gasteiger partial charge in [-0.15, -0.1) is 0 Å². The molecule has 1 heterocycles. The van der Waals surface area contributed by atoms with Gasteiger partial charge in [0.25, 0.3) is 0 Å². The van der Waals surface area contributed by atoms with E-state index in [0.717, 1.165) is 13.0 Å². The molecule has 0 spiro atoms. The van der Waals surface area contributed by atoms with Gasteiger partial charge in [-0.25, -0.2) is 4.79 Å². The van der Waals surface area contributed by atoms with Crippen LogP contribution in [-0.4, -0.2) is 29.7 Å². The Kier molecular flexibility index (Phi) is 2.44. The zero-order valence-corrected chi connectivity index (χ0v) is 10.1. The second-order valence-electron chi connectivity index (χ2n) is 5.53. The Balaban J connectivity index is 1.92. The minimum absolute atomic E-state index is 0.105. The van der Waals surface area contributed by atoms with Gasteiger partial charge in [0.1, 0.15) is 0 Å². The molecule has 3 heteroatoms. The molecule has 1 aliphatic heterocycles. The van der Waals surface area contributed by atoms with E-state index in [-0.39, 0.29) is 11.6 Å². The molecule has 3 atom stereocenters. The molecule has 0 bridgehead atoms. The monoisotopic (exact) mass is 211 g/mol. The molecule has 0 aromatic rings. The second-order valence-corrected chi connectivity index (χ2v) is 5.53. The smallest absolute Gasteiger partial charge is 0.410 e. The van der Waals surface area contributed by atoms with E-state index in [2.05, 4.69) is 27.7 Å². The van der Waals surface area contributed by atoms with Crippen LogP contribution in [0, 0.1) is 17.8 Å². The van der Waals surface area contributed by atoms with Gasteiger partial charge in [0, 0.05) is 12.1 Å². The number of hydrogen-bond acceptors (Lipinski definition) is 2. The van der Waals surface area contributed by atoms with E-state index in [0.29, 0.717) is 24.4 Å². The molecule has 2 aliphatic rings. The number of ether oxygens (including phenoxy) is 1. The molecular weight excluding hydrogens is 190 g/mol. The van der Waals surface area contributed by atoms with Crippen molar-refractivity contribution >= 4 is 6.09 Å². The molecule has 0 radical (unpaired) electrons. The minimum Gasteiger partial charge on any atom is -0.449 e. The largest absolute Gasteiger partial charge is 0.449 e. The van der Waals surface area contributed by atoms with Crippen LogP contribution in [0.1, 0.15) is 34.1 Å². The van der Waals surface area contributed by atoms with Crippen LogP contribution >= 0.6 is 0 Å². The zero-order chi connectivity index (χ0) is 11.2. The van der Waals surface area contributed by atoms with Crippen molar-refractivity contribution < 1.29 is 9.53 Å². The van der Waals surface area contributed by atoms with Gasteiger partial charge in [0.05, 0.1) is 6.61 Å². The third kappa shape index (κ3) is 1.52. The molecule has 2 unspecified atom stereocenters. The van der Waals surface area contributed by atoms with Crippen LogP contribution in [-0.2, 0) is 4.74 Å². The second kappa shape index (κ2) is 3.39. The highest BCUT2D eigenvalue weighted by atomic mass is 16.6. The summed E-state index contributed by atoms with van der Waals surface area (Å²) in [7, 11) is 0. The fraction of sp³-hybridized carbons (Fsp3) is 0.917. The number of piperidine rings is 1. The maximum Gasteiger partial charge on any atom is 0.410 e. The van der Waals surface area contributed by atoms with E-state index in [9.17, 15) is 4.79 Å². The summed E-state index contributed by atoms with van der Waals surface area (Å²) < 4.78 is 5.28. The Hall–Kier alpha value is -0.730. The summed E-state index contributed by atoms with van der Waals surface area (Å²) in [5, 5.41) is 0. The summed E-state index contributed by atoms with van der Waals surface area (Å²) in [6.07, 6.45) is 1.03. The summed E-state index contributed by atoms with van der Waals surface area (Å²) in [4.78, 5) is 13.8. The molecule has 1 saturated carbocycles. The van der Waals surface area contributed by atoms with Gasteiger partial charge >= 0.3 is 6.09 Å². The standard InChI is InChI=1S/C12H21NO2/c1-8(2)7-15-11(14)13-6-5-10-9(3)12(10,13)4/h8-10H,5-7H2,1-4H3/t9?,10-,12?/m1/s1. The number of likely N-dealkylation sites (tertiary alicyclic amines) is 1. The van der Waals surface area contributed by atoms with Crippen molar-refractivity contribution in [3.05, 3.63) is 0 Å². The number of rotatable bonds is 2. The number of carbonyl (C=O) groups excluding carboxylic acids is 1. The van der Waals surface area contributed by atoms with E-state index in [1.807, 2.05) is 4.90 Å². The average molecular weight is 211 g/mol. The first kappa shape index (κ1) is 10.8. The molecule has 15 heavy (non-hydrogen) atoms. The lowest BCUT2D eigenvalue weighted by atomic mass is 10.2. The summed E-state index contributed by atoms with van der Waals surface area (Å²) in [6, 6.07) is 0. The molecule has 0 N–H and O–H groups in total. The SMILES string of the molecule is CC(C)COC(=O)N1CC[C@@H]2C(C)C21C. The highest BCUT2D eigenvalue weighted by Crippen LogP contribution is 2.60. The molecule has 1 amide bonds. The van der Waals surface area contributed by atoms with Gasteiger partial charge < -0.3 is 9.64 Å². The normalized spacial score (nSPS) is 38.1. The lowest BCUT2D eigenvalue weighted by Crippen LogP contribution is -2.40. The van der Waals surface area contributed by atoms with Crippen LogP contribution in [0.3, 0.4) is 0 Å². The predicted molar refractivity (Wildman–Crippen MR) is 58.6 cm³/mol. The van der Waals surface area contributed by atoms with Gasteiger partial charge in [-0.05, 0) is 31.1 Å². The van der Waals surface area contributed by atoms with Crippen LogP contribution in [0.2, 0.25) is 0 Å². The highest BCUT2D eigenvalue weighted by Gasteiger charge is 2.66. The molecule has 2 fully saturated rings. The fourth-order valence-electron chi connectivity index (χ4n) is 2.92. The van der Waals surface area contributed by atoms with E-state index < -0.39 is 0 Å². The maximum absolute atomic E-state index is 11.8. The molecule has 86 valence electrons. The number of hydrogen-bond donors (Lipinski definition) is 0. The van der Waals surface area contributed by atoms with Crippen LogP contribution in [0.5, 0.6) is 0 Å². The van der Waals surface area contributed by atoms with Crippen molar-refractivity contribution in [2.75, 3.05) is 13.2 Å². The van der Waals surface area contributed by atoms with Gasteiger partial charge in [-0.2, -0.15) is 0 Å². The van der Waals surface area contributed by atoms with Crippen molar-refractivity contribution in [3.63, 3.8) is 0 Å².